The second kappa shape index (κ2) is 13.8. The summed E-state index contributed by atoms with van der Waals surface area (Å²) in [5.74, 6) is 1.07. The van der Waals surface area contributed by atoms with Gasteiger partial charge in [-0.15, -0.1) is 0 Å². The minimum Gasteiger partial charge on any atom is -0.461 e. The summed E-state index contributed by atoms with van der Waals surface area (Å²) in [6.07, 6.45) is 11.0. The first-order chi connectivity index (χ1) is 14.2. The van der Waals surface area contributed by atoms with E-state index >= 15 is 0 Å². The Bertz CT molecular complexity index is 542. The fraction of sp³-hybridized carbons (Fsp3) is 0.840. The highest BCUT2D eigenvalue weighted by Gasteiger charge is 2.44. The van der Waals surface area contributed by atoms with E-state index in [1.807, 2.05) is 6.08 Å². The van der Waals surface area contributed by atoms with Gasteiger partial charge in [0.25, 0.3) is 0 Å². The van der Waals surface area contributed by atoms with Gasteiger partial charge in [0.2, 0.25) is 0 Å². The van der Waals surface area contributed by atoms with Gasteiger partial charge in [-0.2, -0.15) is 0 Å². The number of ether oxygens (including phenoxy) is 2. The van der Waals surface area contributed by atoms with E-state index in [1.54, 1.807) is 0 Å². The largest absolute Gasteiger partial charge is 0.461 e. The minimum atomic E-state index is -1.13. The maximum Gasteiger partial charge on any atom is 0.334 e. The zero-order valence-electron chi connectivity index (χ0n) is 19.9. The number of cyclic esters (lactones) is 1. The smallest absolute Gasteiger partial charge is 0.334 e. The molecule has 0 radical (unpaired) electrons. The zero-order valence-corrected chi connectivity index (χ0v) is 19.9. The first-order valence-corrected chi connectivity index (χ1v) is 11.9. The number of allylic oxidation sites excluding steroid dienone is 1. The van der Waals surface area contributed by atoms with Crippen LogP contribution in [-0.4, -0.2) is 35.9 Å². The van der Waals surface area contributed by atoms with Crippen LogP contribution in [0.25, 0.3) is 0 Å². The summed E-state index contributed by atoms with van der Waals surface area (Å²) in [6, 6.07) is 0. The van der Waals surface area contributed by atoms with Crippen molar-refractivity contribution in [3.8, 4) is 0 Å². The highest BCUT2D eigenvalue weighted by Crippen LogP contribution is 2.33. The quantitative estimate of drug-likeness (QED) is 0.211. The molecule has 1 unspecified atom stereocenters. The van der Waals surface area contributed by atoms with Gasteiger partial charge in [0.15, 0.2) is 5.60 Å². The molecule has 174 valence electrons. The van der Waals surface area contributed by atoms with E-state index in [1.165, 1.54) is 12.8 Å². The number of carbonyl (C=O) groups is 2. The highest BCUT2D eigenvalue weighted by atomic mass is 16.6. The normalized spacial score (nSPS) is 20.6. The first-order valence-electron chi connectivity index (χ1n) is 11.9. The Morgan fingerprint density at radius 2 is 1.77 bits per heavy atom. The zero-order chi connectivity index (χ0) is 22.6. The van der Waals surface area contributed by atoms with Crippen LogP contribution in [0.1, 0.15) is 98.8 Å². The molecule has 5 heteroatoms. The van der Waals surface area contributed by atoms with Gasteiger partial charge in [0.05, 0.1) is 6.61 Å². The number of carbonyl (C=O) groups excluding carboxylic acids is 2. The summed E-state index contributed by atoms with van der Waals surface area (Å²) in [6.45, 7) is 10.6. The number of aliphatic hydroxyl groups excluding tert-OH is 1. The Balaban J connectivity index is 2.58. The molecule has 0 saturated carbocycles. The molecule has 1 fully saturated rings. The lowest BCUT2D eigenvalue weighted by atomic mass is 9.86. The standard InChI is InChI=1S/C25H44O5/c1-6-7-8-9-10-11-23(27)29-18-25(17-26)16-22(24(28)30-25)13-12-21(14-19(2)3)15-20(4)5/h13,19-21,26H,6-12,14-18H2,1-5H3/b22-13+. The van der Waals surface area contributed by atoms with Crippen LogP contribution in [0.3, 0.4) is 0 Å². The molecule has 1 heterocycles. The second-order valence-electron chi connectivity index (χ2n) is 9.82. The number of hydrogen-bond donors (Lipinski definition) is 1. The van der Waals surface area contributed by atoms with Crippen molar-refractivity contribution >= 4 is 11.9 Å². The van der Waals surface area contributed by atoms with Crippen LogP contribution in [0.15, 0.2) is 11.6 Å². The third-order valence-electron chi connectivity index (χ3n) is 5.66. The van der Waals surface area contributed by atoms with Crippen molar-refractivity contribution in [1.82, 2.24) is 0 Å². The maximum atomic E-state index is 12.4. The van der Waals surface area contributed by atoms with Crippen molar-refractivity contribution in [2.24, 2.45) is 17.8 Å². The molecule has 0 bridgehead atoms. The van der Waals surface area contributed by atoms with E-state index in [0.29, 0.717) is 36.2 Å². The van der Waals surface area contributed by atoms with Crippen LogP contribution < -0.4 is 0 Å². The molecule has 0 aromatic carbocycles. The van der Waals surface area contributed by atoms with Crippen molar-refractivity contribution in [2.45, 2.75) is 104 Å². The lowest BCUT2D eigenvalue weighted by molar-refractivity contribution is -0.166. The summed E-state index contributed by atoms with van der Waals surface area (Å²) in [5, 5.41) is 9.86. The van der Waals surface area contributed by atoms with Crippen LogP contribution in [0.4, 0.5) is 0 Å². The fourth-order valence-electron chi connectivity index (χ4n) is 4.18. The Morgan fingerprint density at radius 3 is 2.33 bits per heavy atom. The van der Waals surface area contributed by atoms with Gasteiger partial charge in [0, 0.05) is 18.4 Å². The molecule has 5 nitrogen and oxygen atoms in total. The molecule has 1 N–H and O–H groups in total. The molecule has 1 saturated heterocycles. The van der Waals surface area contributed by atoms with Crippen molar-refractivity contribution < 1.29 is 24.2 Å². The summed E-state index contributed by atoms with van der Waals surface area (Å²) in [5.41, 5.74) is -0.538. The first kappa shape index (κ1) is 26.7. The summed E-state index contributed by atoms with van der Waals surface area (Å²) < 4.78 is 10.8. The van der Waals surface area contributed by atoms with E-state index in [-0.39, 0.29) is 19.2 Å². The topological polar surface area (TPSA) is 72.8 Å². The molecular weight excluding hydrogens is 380 g/mol. The van der Waals surface area contributed by atoms with Crippen molar-refractivity contribution in [3.05, 3.63) is 11.6 Å². The van der Waals surface area contributed by atoms with E-state index in [2.05, 4.69) is 34.6 Å². The van der Waals surface area contributed by atoms with Gasteiger partial charge in [-0.1, -0.05) is 66.4 Å². The molecule has 0 spiro atoms. The molecule has 0 aromatic rings. The van der Waals surface area contributed by atoms with E-state index < -0.39 is 11.6 Å². The molecule has 1 aliphatic heterocycles. The van der Waals surface area contributed by atoms with E-state index in [0.717, 1.165) is 38.5 Å². The SMILES string of the molecule is CCCCCCCC(=O)OCC1(CO)C/C(=C\CC(CC(C)C)CC(C)C)C(=O)O1. The average molecular weight is 425 g/mol. The van der Waals surface area contributed by atoms with Crippen LogP contribution in [0.2, 0.25) is 0 Å². The Kier molecular flexibility index (Phi) is 12.3. The third kappa shape index (κ3) is 10.1. The van der Waals surface area contributed by atoms with Crippen LogP contribution in [0, 0.1) is 17.8 Å². The average Bonchev–Trinajstić information content (AvgIpc) is 3.00. The number of aliphatic hydroxyl groups is 1. The monoisotopic (exact) mass is 424 g/mol. The van der Waals surface area contributed by atoms with Gasteiger partial charge in [-0.25, -0.2) is 4.79 Å². The van der Waals surface area contributed by atoms with Crippen LogP contribution >= 0.6 is 0 Å². The summed E-state index contributed by atoms with van der Waals surface area (Å²) in [4.78, 5) is 24.4. The van der Waals surface area contributed by atoms with Crippen molar-refractivity contribution in [2.75, 3.05) is 13.2 Å². The molecular formula is C25H44O5. The molecule has 30 heavy (non-hydrogen) atoms. The van der Waals surface area contributed by atoms with Gasteiger partial charge < -0.3 is 14.6 Å². The molecule has 1 atom stereocenters. The predicted octanol–water partition coefficient (Wildman–Crippen LogP) is 5.59. The molecule has 0 amide bonds. The maximum absolute atomic E-state index is 12.4. The van der Waals surface area contributed by atoms with Gasteiger partial charge >= 0.3 is 11.9 Å². The van der Waals surface area contributed by atoms with E-state index in [9.17, 15) is 14.7 Å². The Labute approximate surface area is 183 Å². The molecule has 0 aromatic heterocycles. The summed E-state index contributed by atoms with van der Waals surface area (Å²) in [7, 11) is 0. The Hall–Kier alpha value is -1.36. The van der Waals surface area contributed by atoms with Crippen LogP contribution in [0.5, 0.6) is 0 Å². The van der Waals surface area contributed by atoms with Gasteiger partial charge in [-0.3, -0.25) is 4.79 Å². The predicted molar refractivity (Wildman–Crippen MR) is 120 cm³/mol. The van der Waals surface area contributed by atoms with Crippen LogP contribution in [-0.2, 0) is 19.1 Å². The van der Waals surface area contributed by atoms with Gasteiger partial charge in [-0.05, 0) is 43.4 Å². The lowest BCUT2D eigenvalue weighted by Gasteiger charge is -2.24. The second-order valence-corrected chi connectivity index (χ2v) is 9.82. The molecule has 1 rings (SSSR count). The minimum absolute atomic E-state index is 0.0816. The number of unbranched alkanes of at least 4 members (excludes halogenated alkanes) is 4. The van der Waals surface area contributed by atoms with Crippen molar-refractivity contribution in [3.63, 3.8) is 0 Å². The third-order valence-corrected chi connectivity index (χ3v) is 5.66. The number of hydrogen-bond acceptors (Lipinski definition) is 5. The highest BCUT2D eigenvalue weighted by molar-refractivity contribution is 5.91. The van der Waals surface area contributed by atoms with Gasteiger partial charge in [0.1, 0.15) is 6.61 Å². The lowest BCUT2D eigenvalue weighted by Crippen LogP contribution is -2.39. The number of rotatable bonds is 15. The number of esters is 2. The Morgan fingerprint density at radius 1 is 1.13 bits per heavy atom. The van der Waals surface area contributed by atoms with E-state index in [4.69, 9.17) is 9.47 Å². The van der Waals surface area contributed by atoms with Crippen molar-refractivity contribution in [1.29, 1.82) is 0 Å². The fourth-order valence-corrected chi connectivity index (χ4v) is 4.18. The molecule has 1 aliphatic rings. The molecule has 0 aliphatic carbocycles. The summed E-state index contributed by atoms with van der Waals surface area (Å²) >= 11 is 0.